The molecule has 1 aliphatic rings. The quantitative estimate of drug-likeness (QED) is 0.772. The van der Waals surface area contributed by atoms with Gasteiger partial charge in [0, 0.05) is 17.7 Å². The molecule has 0 heterocycles. The zero-order valence-corrected chi connectivity index (χ0v) is 13.7. The number of amides is 2. The number of rotatable bonds is 4. The van der Waals surface area contributed by atoms with Gasteiger partial charge in [-0.05, 0) is 58.5 Å². The minimum Gasteiger partial charge on any atom is -0.366 e. The van der Waals surface area contributed by atoms with Gasteiger partial charge >= 0.3 is 0 Å². The number of primary amides is 1. The fourth-order valence-electron chi connectivity index (χ4n) is 3.56. The van der Waals surface area contributed by atoms with E-state index in [0.29, 0.717) is 17.7 Å². The van der Waals surface area contributed by atoms with Gasteiger partial charge in [-0.25, -0.2) is 0 Å². The summed E-state index contributed by atoms with van der Waals surface area (Å²) < 4.78 is 0. The molecular weight excluding hydrogens is 312 g/mol. The zero-order valence-electron chi connectivity index (χ0n) is 13.7. The van der Waals surface area contributed by atoms with Gasteiger partial charge in [-0.15, -0.1) is 0 Å². The summed E-state index contributed by atoms with van der Waals surface area (Å²) in [5.41, 5.74) is 9.91. The van der Waals surface area contributed by atoms with E-state index in [2.05, 4.69) is 17.4 Å². The predicted octanol–water partition coefficient (Wildman–Crippen LogP) is 2.97. The van der Waals surface area contributed by atoms with E-state index in [1.165, 1.54) is 16.5 Å². The summed E-state index contributed by atoms with van der Waals surface area (Å²) in [4.78, 5) is 24.0. The number of hydrogen-bond donors (Lipinski definition) is 2. The highest BCUT2D eigenvalue weighted by Crippen LogP contribution is 2.32. The molecule has 1 aliphatic carbocycles. The fraction of sp³-hybridized carbons (Fsp3) is 0.143. The molecule has 0 aliphatic heterocycles. The van der Waals surface area contributed by atoms with Crippen molar-refractivity contribution in [2.24, 2.45) is 5.73 Å². The van der Waals surface area contributed by atoms with Gasteiger partial charge in [0.25, 0.3) is 5.91 Å². The van der Waals surface area contributed by atoms with Crippen molar-refractivity contribution in [2.75, 3.05) is 0 Å². The number of aryl methyl sites for hydroxylation is 2. The summed E-state index contributed by atoms with van der Waals surface area (Å²) in [5.74, 6) is -0.583. The van der Waals surface area contributed by atoms with Crippen molar-refractivity contribution in [1.29, 1.82) is 0 Å². The van der Waals surface area contributed by atoms with E-state index in [1.54, 1.807) is 18.2 Å². The molecular formula is C21H18N2O2. The van der Waals surface area contributed by atoms with Crippen LogP contribution >= 0.6 is 0 Å². The number of carbonyl (C=O) groups excluding carboxylic acids is 2. The molecule has 0 unspecified atom stereocenters. The Kier molecular flexibility index (Phi) is 3.73. The van der Waals surface area contributed by atoms with E-state index in [9.17, 15) is 9.59 Å². The normalized spacial score (nSPS) is 12.3. The standard InChI is InChI=1S/C21H18N2O2/c22-20(24)16-5-1-3-13(11-16)12-23-21(25)18-10-9-15-8-7-14-4-2-6-17(18)19(14)15/h1-6,9-11H,7-8,12H2,(H2,22,24)(H,23,25). The SMILES string of the molecule is NC(=O)c1cccc(CNC(=O)c2ccc3c4c(cccc24)CC3)c1. The van der Waals surface area contributed by atoms with Crippen molar-refractivity contribution in [3.63, 3.8) is 0 Å². The third kappa shape index (κ3) is 2.76. The van der Waals surface area contributed by atoms with Gasteiger partial charge in [0.1, 0.15) is 0 Å². The van der Waals surface area contributed by atoms with E-state index < -0.39 is 5.91 Å². The van der Waals surface area contributed by atoms with Crippen molar-refractivity contribution in [2.45, 2.75) is 19.4 Å². The Balaban J connectivity index is 1.59. The van der Waals surface area contributed by atoms with Crippen molar-refractivity contribution < 1.29 is 9.59 Å². The molecule has 0 saturated carbocycles. The lowest BCUT2D eigenvalue weighted by molar-refractivity contribution is 0.0952. The summed E-state index contributed by atoms with van der Waals surface area (Å²) in [6, 6.07) is 17.1. The molecule has 3 aromatic rings. The molecule has 4 nitrogen and oxygen atoms in total. The van der Waals surface area contributed by atoms with Crippen LogP contribution in [0.1, 0.15) is 37.4 Å². The Morgan fingerprint density at radius 2 is 1.72 bits per heavy atom. The molecule has 2 amide bonds. The first kappa shape index (κ1) is 15.4. The molecule has 4 heteroatoms. The summed E-state index contributed by atoms with van der Waals surface area (Å²) in [7, 11) is 0. The minimum atomic E-state index is -0.472. The van der Waals surface area contributed by atoms with Crippen molar-refractivity contribution >= 4 is 22.6 Å². The van der Waals surface area contributed by atoms with Crippen LogP contribution in [0, 0.1) is 0 Å². The Hall–Kier alpha value is -3.14. The summed E-state index contributed by atoms with van der Waals surface area (Å²) in [6.45, 7) is 0.350. The highest BCUT2D eigenvalue weighted by molar-refractivity contribution is 6.09. The molecule has 124 valence electrons. The van der Waals surface area contributed by atoms with E-state index >= 15 is 0 Å². The number of hydrogen-bond acceptors (Lipinski definition) is 2. The number of nitrogens with one attached hydrogen (secondary N) is 1. The lowest BCUT2D eigenvalue weighted by atomic mass is 9.99. The number of benzene rings is 3. The monoisotopic (exact) mass is 330 g/mol. The molecule has 0 atom stereocenters. The van der Waals surface area contributed by atoms with Crippen molar-refractivity contribution in [3.8, 4) is 0 Å². The lowest BCUT2D eigenvalue weighted by Gasteiger charge is -2.10. The molecule has 4 rings (SSSR count). The second-order valence-corrected chi connectivity index (χ2v) is 6.36. The third-order valence-corrected chi connectivity index (χ3v) is 4.79. The van der Waals surface area contributed by atoms with Crippen molar-refractivity contribution in [3.05, 3.63) is 82.4 Å². The number of carbonyl (C=O) groups is 2. The van der Waals surface area contributed by atoms with Gasteiger partial charge in [-0.1, -0.05) is 36.4 Å². The fourth-order valence-corrected chi connectivity index (χ4v) is 3.56. The average Bonchev–Trinajstić information content (AvgIpc) is 3.05. The van der Waals surface area contributed by atoms with Gasteiger partial charge in [-0.3, -0.25) is 9.59 Å². The third-order valence-electron chi connectivity index (χ3n) is 4.79. The Labute approximate surface area is 145 Å². The van der Waals surface area contributed by atoms with Gasteiger partial charge in [0.15, 0.2) is 0 Å². The Bertz CT molecular complexity index is 998. The second-order valence-electron chi connectivity index (χ2n) is 6.36. The van der Waals surface area contributed by atoms with Crippen LogP contribution in [0.5, 0.6) is 0 Å². The van der Waals surface area contributed by atoms with Gasteiger partial charge in [0.05, 0.1) is 0 Å². The predicted molar refractivity (Wildman–Crippen MR) is 97.5 cm³/mol. The maximum absolute atomic E-state index is 12.7. The summed E-state index contributed by atoms with van der Waals surface area (Å²) in [6.07, 6.45) is 2.08. The molecule has 3 N–H and O–H groups in total. The summed E-state index contributed by atoms with van der Waals surface area (Å²) in [5, 5.41) is 5.18. The highest BCUT2D eigenvalue weighted by atomic mass is 16.2. The first-order valence-corrected chi connectivity index (χ1v) is 8.34. The van der Waals surface area contributed by atoms with Gasteiger partial charge in [0.2, 0.25) is 5.91 Å². The summed E-state index contributed by atoms with van der Waals surface area (Å²) >= 11 is 0. The molecule has 0 radical (unpaired) electrons. The van der Waals surface area contributed by atoms with Crippen LogP contribution in [0.3, 0.4) is 0 Å². The first-order chi connectivity index (χ1) is 12.1. The minimum absolute atomic E-state index is 0.111. The van der Waals surface area contributed by atoms with E-state index in [-0.39, 0.29) is 5.91 Å². The van der Waals surface area contributed by atoms with Crippen LogP contribution in [0.15, 0.2) is 54.6 Å². The maximum atomic E-state index is 12.7. The number of nitrogens with two attached hydrogens (primary N) is 1. The van der Waals surface area contributed by atoms with E-state index in [4.69, 9.17) is 5.73 Å². The Morgan fingerprint density at radius 1 is 0.960 bits per heavy atom. The first-order valence-electron chi connectivity index (χ1n) is 8.34. The molecule has 0 spiro atoms. The zero-order chi connectivity index (χ0) is 17.4. The van der Waals surface area contributed by atoms with Crippen molar-refractivity contribution in [1.82, 2.24) is 5.32 Å². The molecule has 0 saturated heterocycles. The van der Waals surface area contributed by atoms with Crippen LogP contribution in [-0.2, 0) is 19.4 Å². The van der Waals surface area contributed by atoms with Gasteiger partial charge < -0.3 is 11.1 Å². The van der Waals surface area contributed by atoms with E-state index in [0.717, 1.165) is 23.8 Å². The van der Waals surface area contributed by atoms with Gasteiger partial charge in [-0.2, -0.15) is 0 Å². The largest absolute Gasteiger partial charge is 0.366 e. The smallest absolute Gasteiger partial charge is 0.252 e. The highest BCUT2D eigenvalue weighted by Gasteiger charge is 2.18. The van der Waals surface area contributed by atoms with Crippen LogP contribution in [0.25, 0.3) is 10.8 Å². The van der Waals surface area contributed by atoms with Crippen LogP contribution in [0.2, 0.25) is 0 Å². The maximum Gasteiger partial charge on any atom is 0.252 e. The average molecular weight is 330 g/mol. The molecule has 0 fully saturated rings. The molecule has 0 aromatic heterocycles. The Morgan fingerprint density at radius 3 is 2.52 bits per heavy atom. The van der Waals surface area contributed by atoms with Crippen LogP contribution < -0.4 is 11.1 Å². The second kappa shape index (κ2) is 6.06. The van der Waals surface area contributed by atoms with E-state index in [1.807, 2.05) is 24.3 Å². The lowest BCUT2D eigenvalue weighted by Crippen LogP contribution is -2.23. The molecule has 3 aromatic carbocycles. The topological polar surface area (TPSA) is 72.2 Å². The van der Waals surface area contributed by atoms with Crippen LogP contribution in [0.4, 0.5) is 0 Å². The van der Waals surface area contributed by atoms with Crippen LogP contribution in [-0.4, -0.2) is 11.8 Å². The molecule has 0 bridgehead atoms. The molecule has 25 heavy (non-hydrogen) atoms.